The van der Waals surface area contributed by atoms with Gasteiger partial charge in [-0.2, -0.15) is 0 Å². The molecule has 1 unspecified atom stereocenters. The summed E-state index contributed by atoms with van der Waals surface area (Å²) in [6.45, 7) is 4.52. The molecule has 0 aromatic rings. The minimum absolute atomic E-state index is 0.388. The van der Waals surface area contributed by atoms with Crippen LogP contribution in [0.15, 0.2) is 0 Å². The lowest BCUT2D eigenvalue weighted by Crippen LogP contribution is -2.28. The molecule has 0 saturated heterocycles. The van der Waals surface area contributed by atoms with Gasteiger partial charge in [0, 0.05) is 6.61 Å². The predicted octanol–water partition coefficient (Wildman–Crippen LogP) is 0.585. The van der Waals surface area contributed by atoms with Crippen LogP contribution in [0, 0.1) is 0 Å². The smallest absolute Gasteiger partial charge is 0.295 e. The van der Waals surface area contributed by atoms with E-state index in [4.69, 9.17) is 15.2 Å². The van der Waals surface area contributed by atoms with Crippen molar-refractivity contribution in [2.75, 3.05) is 13.2 Å². The predicted molar refractivity (Wildman–Crippen MR) is 39.8 cm³/mol. The summed E-state index contributed by atoms with van der Waals surface area (Å²) in [5, 5.41) is 0. The van der Waals surface area contributed by atoms with Gasteiger partial charge in [-0.25, -0.2) is 0 Å². The highest BCUT2D eigenvalue weighted by Gasteiger charge is 2.15. The topological polar surface area (TPSA) is 59.3 Å². The Kier molecular flexibility index (Phi) is 5.78. The van der Waals surface area contributed by atoms with Crippen molar-refractivity contribution in [3.8, 4) is 0 Å². The molecule has 0 rings (SSSR count). The Morgan fingerprint density at radius 3 is 2.45 bits per heavy atom. The van der Waals surface area contributed by atoms with Crippen LogP contribution in [-0.2, 0) is 14.3 Å². The zero-order chi connectivity index (χ0) is 8.69. The van der Waals surface area contributed by atoms with Crippen molar-refractivity contribution in [3.63, 3.8) is 0 Å². The van der Waals surface area contributed by atoms with Crippen LogP contribution in [-0.4, -0.2) is 25.4 Å². The second-order valence-electron chi connectivity index (χ2n) is 2.02. The van der Waals surface area contributed by atoms with Crippen LogP contribution in [0.25, 0.3) is 0 Å². The lowest BCUT2D eigenvalue weighted by Gasteiger charge is -2.12. The molecule has 1 radical (unpaired) electrons. The summed E-state index contributed by atoms with van der Waals surface area (Å²) in [5.41, 5.74) is 6.73. The van der Waals surface area contributed by atoms with Crippen molar-refractivity contribution in [3.05, 3.63) is 0 Å². The monoisotopic (exact) mass is 160 g/mol. The molecule has 11 heavy (non-hydrogen) atoms. The van der Waals surface area contributed by atoms with Gasteiger partial charge in [0.2, 0.25) is 6.29 Å². The van der Waals surface area contributed by atoms with Gasteiger partial charge in [-0.3, -0.25) is 10.5 Å². The lowest BCUT2D eigenvalue weighted by atomic mass is 10.5. The number of carbonyl (C=O) groups excluding carboxylic acids is 1. The molecule has 0 aromatic heterocycles. The Hall–Kier alpha value is -0.610. The third-order valence-corrected chi connectivity index (χ3v) is 1.01. The van der Waals surface area contributed by atoms with E-state index in [1.165, 1.54) is 0 Å². The number of rotatable bonds is 6. The van der Waals surface area contributed by atoms with Gasteiger partial charge >= 0.3 is 0 Å². The quantitative estimate of drug-likeness (QED) is 0.534. The molecule has 0 aliphatic carbocycles. The fourth-order valence-electron chi connectivity index (χ4n) is 0.576. The maximum atomic E-state index is 10.5. The second kappa shape index (κ2) is 6.12. The molecule has 0 aromatic carbocycles. The molecule has 0 fully saturated rings. The molecular formula is C7H14NO3. The largest absolute Gasteiger partial charge is 0.345 e. The summed E-state index contributed by atoms with van der Waals surface area (Å²) in [6.07, 6.45) is -0.170. The van der Waals surface area contributed by atoms with Gasteiger partial charge in [0.15, 0.2) is 0 Å². The summed E-state index contributed by atoms with van der Waals surface area (Å²) in [4.78, 5) is 10.5. The molecule has 0 aliphatic rings. The van der Waals surface area contributed by atoms with E-state index in [2.05, 4.69) is 0 Å². The fraction of sp³-hybridized carbons (Fsp3) is 0.857. The van der Waals surface area contributed by atoms with Gasteiger partial charge in [0.05, 0.1) is 6.61 Å². The van der Waals surface area contributed by atoms with Crippen molar-refractivity contribution in [2.45, 2.75) is 26.6 Å². The Labute approximate surface area is 66.7 Å². The van der Waals surface area contributed by atoms with Crippen LogP contribution in [0.4, 0.5) is 0 Å². The molecule has 4 nitrogen and oxygen atoms in total. The number of hydrogen-bond donors (Lipinski definition) is 0. The fourth-order valence-corrected chi connectivity index (χ4v) is 0.576. The van der Waals surface area contributed by atoms with Crippen LogP contribution < -0.4 is 5.73 Å². The highest BCUT2D eigenvalue weighted by Crippen LogP contribution is 1.95. The Morgan fingerprint density at radius 2 is 2.09 bits per heavy atom. The molecule has 1 amide bonds. The second-order valence-corrected chi connectivity index (χ2v) is 2.02. The first-order chi connectivity index (χ1) is 5.22. The molecule has 65 valence electrons. The van der Waals surface area contributed by atoms with Crippen LogP contribution in [0.2, 0.25) is 0 Å². The summed E-state index contributed by atoms with van der Waals surface area (Å²) < 4.78 is 9.78. The van der Waals surface area contributed by atoms with Crippen molar-refractivity contribution in [1.29, 1.82) is 0 Å². The van der Waals surface area contributed by atoms with E-state index >= 15 is 0 Å². The SMILES string of the molecule is CCCOC(OCC)C([NH])=O. The summed E-state index contributed by atoms with van der Waals surface area (Å²) in [7, 11) is 0. The summed E-state index contributed by atoms with van der Waals surface area (Å²) in [5.74, 6) is -0.819. The van der Waals surface area contributed by atoms with Crippen molar-refractivity contribution in [2.24, 2.45) is 0 Å². The summed E-state index contributed by atoms with van der Waals surface area (Å²) in [6, 6.07) is 0. The third kappa shape index (κ3) is 4.75. The van der Waals surface area contributed by atoms with Gasteiger partial charge < -0.3 is 9.47 Å². The molecule has 1 atom stereocenters. The molecule has 4 heteroatoms. The maximum Gasteiger partial charge on any atom is 0.295 e. The van der Waals surface area contributed by atoms with Crippen molar-refractivity contribution in [1.82, 2.24) is 5.73 Å². The molecule has 0 bridgehead atoms. The molecule has 0 spiro atoms. The zero-order valence-corrected chi connectivity index (χ0v) is 6.92. The van der Waals surface area contributed by atoms with Crippen LogP contribution in [0.1, 0.15) is 20.3 Å². The Morgan fingerprint density at radius 1 is 1.45 bits per heavy atom. The van der Waals surface area contributed by atoms with E-state index in [9.17, 15) is 4.79 Å². The first kappa shape index (κ1) is 10.4. The number of carbonyl (C=O) groups is 1. The Balaban J connectivity index is 3.60. The number of ether oxygens (including phenoxy) is 2. The minimum Gasteiger partial charge on any atom is -0.345 e. The van der Waals surface area contributed by atoms with Crippen LogP contribution in [0.5, 0.6) is 0 Å². The van der Waals surface area contributed by atoms with Crippen molar-refractivity contribution < 1.29 is 14.3 Å². The average Bonchev–Trinajstić information content (AvgIpc) is 1.97. The number of hydrogen-bond acceptors (Lipinski definition) is 3. The van der Waals surface area contributed by atoms with E-state index in [1.807, 2.05) is 6.92 Å². The zero-order valence-electron chi connectivity index (χ0n) is 6.92. The highest BCUT2D eigenvalue weighted by atomic mass is 16.7. The highest BCUT2D eigenvalue weighted by molar-refractivity contribution is 5.76. The number of nitrogens with one attached hydrogen (secondary N) is 1. The summed E-state index contributed by atoms with van der Waals surface area (Å²) >= 11 is 0. The van der Waals surface area contributed by atoms with Gasteiger partial charge in [-0.1, -0.05) is 6.92 Å². The normalized spacial score (nSPS) is 12.9. The van der Waals surface area contributed by atoms with E-state index in [0.717, 1.165) is 6.42 Å². The van der Waals surface area contributed by atoms with Gasteiger partial charge in [-0.05, 0) is 13.3 Å². The molecule has 1 N–H and O–H groups in total. The molecule has 0 aliphatic heterocycles. The standard InChI is InChI=1S/C7H14NO3/c1-3-5-11-7(6(8)9)10-4-2/h7-8H,3-5H2,1-2H3. The first-order valence-corrected chi connectivity index (χ1v) is 3.71. The van der Waals surface area contributed by atoms with E-state index < -0.39 is 12.2 Å². The Bertz CT molecular complexity index is 116. The lowest BCUT2D eigenvalue weighted by molar-refractivity contribution is -0.168. The third-order valence-electron chi connectivity index (χ3n) is 1.01. The van der Waals surface area contributed by atoms with Crippen LogP contribution in [0.3, 0.4) is 0 Å². The molecular weight excluding hydrogens is 146 g/mol. The van der Waals surface area contributed by atoms with E-state index in [-0.39, 0.29) is 0 Å². The van der Waals surface area contributed by atoms with Gasteiger partial charge in [0.25, 0.3) is 5.91 Å². The van der Waals surface area contributed by atoms with E-state index in [1.54, 1.807) is 6.92 Å². The maximum absolute atomic E-state index is 10.5. The molecule has 0 heterocycles. The van der Waals surface area contributed by atoms with Gasteiger partial charge in [0.1, 0.15) is 0 Å². The van der Waals surface area contributed by atoms with Crippen LogP contribution >= 0.6 is 0 Å². The minimum atomic E-state index is -0.986. The van der Waals surface area contributed by atoms with Crippen molar-refractivity contribution >= 4 is 5.91 Å². The van der Waals surface area contributed by atoms with E-state index in [0.29, 0.717) is 13.2 Å². The number of amides is 1. The average molecular weight is 160 g/mol. The first-order valence-electron chi connectivity index (χ1n) is 3.71. The van der Waals surface area contributed by atoms with Gasteiger partial charge in [-0.15, -0.1) is 0 Å². The molecule has 0 saturated carbocycles.